The number of carbonyl (C=O) groups excluding carboxylic acids is 1. The Bertz CT molecular complexity index is 438. The number of carbonyl (C=O) groups is 1. The van der Waals surface area contributed by atoms with Crippen LogP contribution in [-0.4, -0.2) is 31.3 Å². The van der Waals surface area contributed by atoms with Crippen molar-refractivity contribution in [1.82, 2.24) is 5.32 Å². The molecule has 4 nitrogen and oxygen atoms in total. The fourth-order valence-electron chi connectivity index (χ4n) is 1.77. The minimum atomic E-state index is -4.36. The first-order valence-electron chi connectivity index (χ1n) is 6.54. The standard InChI is InChI=1S/C14H19F3N2O2/c1-19-12(14(15,16)17)8-7-11(18)13(20)21-9-10-5-3-2-4-6-10/h2-6,11-12,19H,7-9,18H2,1H3. The van der Waals surface area contributed by atoms with E-state index in [4.69, 9.17) is 10.5 Å². The first-order valence-corrected chi connectivity index (χ1v) is 6.54. The van der Waals surface area contributed by atoms with Crippen LogP contribution in [0.25, 0.3) is 0 Å². The van der Waals surface area contributed by atoms with E-state index in [1.807, 2.05) is 6.07 Å². The average molecular weight is 304 g/mol. The summed E-state index contributed by atoms with van der Waals surface area (Å²) in [5.41, 5.74) is 6.35. The van der Waals surface area contributed by atoms with Crippen LogP contribution in [-0.2, 0) is 16.1 Å². The molecule has 118 valence electrons. The van der Waals surface area contributed by atoms with Crippen molar-refractivity contribution >= 4 is 5.97 Å². The number of esters is 1. The minimum Gasteiger partial charge on any atom is -0.460 e. The zero-order valence-corrected chi connectivity index (χ0v) is 11.7. The summed E-state index contributed by atoms with van der Waals surface area (Å²) in [6.45, 7) is 0.0576. The second-order valence-corrected chi connectivity index (χ2v) is 4.66. The maximum absolute atomic E-state index is 12.5. The van der Waals surface area contributed by atoms with E-state index in [0.29, 0.717) is 0 Å². The highest BCUT2D eigenvalue weighted by molar-refractivity contribution is 5.75. The lowest BCUT2D eigenvalue weighted by Gasteiger charge is -2.20. The van der Waals surface area contributed by atoms with Gasteiger partial charge in [0.2, 0.25) is 0 Å². The maximum Gasteiger partial charge on any atom is 0.403 e. The van der Waals surface area contributed by atoms with Gasteiger partial charge in [-0.1, -0.05) is 30.3 Å². The van der Waals surface area contributed by atoms with Gasteiger partial charge in [-0.25, -0.2) is 0 Å². The molecule has 0 radical (unpaired) electrons. The van der Waals surface area contributed by atoms with Crippen LogP contribution in [0.2, 0.25) is 0 Å². The Labute approximate surface area is 121 Å². The van der Waals surface area contributed by atoms with E-state index in [1.165, 1.54) is 7.05 Å². The molecule has 0 aliphatic heterocycles. The predicted molar refractivity (Wildman–Crippen MR) is 72.4 cm³/mol. The van der Waals surface area contributed by atoms with E-state index in [-0.39, 0.29) is 19.4 Å². The highest BCUT2D eigenvalue weighted by Gasteiger charge is 2.38. The molecule has 0 bridgehead atoms. The summed E-state index contributed by atoms with van der Waals surface area (Å²) in [6.07, 6.45) is -4.73. The zero-order chi connectivity index (χ0) is 15.9. The molecule has 1 aromatic rings. The van der Waals surface area contributed by atoms with Crippen LogP contribution in [0, 0.1) is 0 Å². The van der Waals surface area contributed by atoms with Gasteiger partial charge in [0.1, 0.15) is 18.7 Å². The molecule has 0 aliphatic rings. The van der Waals surface area contributed by atoms with E-state index in [1.54, 1.807) is 24.3 Å². The Hall–Kier alpha value is -1.60. The zero-order valence-electron chi connectivity index (χ0n) is 11.7. The van der Waals surface area contributed by atoms with Crippen molar-refractivity contribution in [3.8, 4) is 0 Å². The molecule has 0 amide bonds. The Balaban J connectivity index is 2.37. The Morgan fingerprint density at radius 3 is 2.43 bits per heavy atom. The first kappa shape index (κ1) is 17.5. The molecule has 0 fully saturated rings. The second-order valence-electron chi connectivity index (χ2n) is 4.66. The van der Waals surface area contributed by atoms with Gasteiger partial charge < -0.3 is 15.8 Å². The van der Waals surface area contributed by atoms with Gasteiger partial charge in [-0.2, -0.15) is 13.2 Å². The number of hydrogen-bond donors (Lipinski definition) is 2. The summed E-state index contributed by atoms with van der Waals surface area (Å²) >= 11 is 0. The van der Waals surface area contributed by atoms with Crippen molar-refractivity contribution in [3.05, 3.63) is 35.9 Å². The smallest absolute Gasteiger partial charge is 0.403 e. The highest BCUT2D eigenvalue weighted by atomic mass is 19.4. The van der Waals surface area contributed by atoms with Crippen LogP contribution in [0.1, 0.15) is 18.4 Å². The lowest BCUT2D eigenvalue weighted by Crippen LogP contribution is -2.42. The Morgan fingerprint density at radius 2 is 1.90 bits per heavy atom. The largest absolute Gasteiger partial charge is 0.460 e. The van der Waals surface area contributed by atoms with Gasteiger partial charge in [-0.15, -0.1) is 0 Å². The summed E-state index contributed by atoms with van der Waals surface area (Å²) in [5, 5.41) is 2.16. The number of halogens is 3. The molecule has 1 rings (SSSR count). The third-order valence-corrected chi connectivity index (χ3v) is 3.04. The first-order chi connectivity index (χ1) is 9.84. The quantitative estimate of drug-likeness (QED) is 0.756. The number of nitrogens with one attached hydrogen (secondary N) is 1. The fraction of sp³-hybridized carbons (Fsp3) is 0.500. The van der Waals surface area contributed by atoms with Gasteiger partial charge in [0.25, 0.3) is 0 Å². The number of nitrogens with two attached hydrogens (primary N) is 1. The van der Waals surface area contributed by atoms with E-state index < -0.39 is 24.2 Å². The molecule has 0 aromatic heterocycles. The van der Waals surface area contributed by atoms with Crippen LogP contribution < -0.4 is 11.1 Å². The van der Waals surface area contributed by atoms with E-state index in [9.17, 15) is 18.0 Å². The summed E-state index contributed by atoms with van der Waals surface area (Å²) in [7, 11) is 1.22. The van der Waals surface area contributed by atoms with Crippen molar-refractivity contribution in [2.75, 3.05) is 7.05 Å². The number of hydrogen-bond acceptors (Lipinski definition) is 4. The van der Waals surface area contributed by atoms with Gasteiger partial charge in [-0.3, -0.25) is 4.79 Å². The van der Waals surface area contributed by atoms with E-state index in [2.05, 4.69) is 5.32 Å². The van der Waals surface area contributed by atoms with Crippen LogP contribution in [0.5, 0.6) is 0 Å². The van der Waals surface area contributed by atoms with Crippen LogP contribution in [0.15, 0.2) is 30.3 Å². The Morgan fingerprint density at radius 1 is 1.29 bits per heavy atom. The van der Waals surface area contributed by atoms with Crippen LogP contribution in [0.3, 0.4) is 0 Å². The SMILES string of the molecule is CNC(CCC(N)C(=O)OCc1ccccc1)C(F)(F)F. The summed E-state index contributed by atoms with van der Waals surface area (Å²) in [4.78, 5) is 11.6. The van der Waals surface area contributed by atoms with Crippen LogP contribution in [0.4, 0.5) is 13.2 Å². The number of alkyl halides is 3. The molecule has 7 heteroatoms. The molecule has 0 saturated carbocycles. The van der Waals surface area contributed by atoms with Crippen LogP contribution >= 0.6 is 0 Å². The minimum absolute atomic E-state index is 0.0576. The second kappa shape index (κ2) is 7.99. The van der Waals surface area contributed by atoms with Crippen molar-refractivity contribution < 1.29 is 22.7 Å². The third-order valence-electron chi connectivity index (χ3n) is 3.04. The molecule has 0 spiro atoms. The molecular weight excluding hydrogens is 285 g/mol. The number of ether oxygens (including phenoxy) is 1. The van der Waals surface area contributed by atoms with Gasteiger partial charge in [0.15, 0.2) is 0 Å². The summed E-state index contributed by atoms with van der Waals surface area (Å²) in [6, 6.07) is 6.23. The molecule has 2 atom stereocenters. The molecule has 0 aliphatic carbocycles. The van der Waals surface area contributed by atoms with E-state index >= 15 is 0 Å². The van der Waals surface area contributed by atoms with Crippen molar-refractivity contribution in [3.63, 3.8) is 0 Å². The monoisotopic (exact) mass is 304 g/mol. The lowest BCUT2D eigenvalue weighted by molar-refractivity contribution is -0.158. The van der Waals surface area contributed by atoms with Gasteiger partial charge in [0, 0.05) is 0 Å². The number of rotatable bonds is 7. The normalized spacial score (nSPS) is 14.5. The van der Waals surface area contributed by atoms with E-state index in [0.717, 1.165) is 5.56 Å². The van der Waals surface area contributed by atoms with Gasteiger partial charge >= 0.3 is 12.1 Å². The van der Waals surface area contributed by atoms with Gasteiger partial charge in [0.05, 0.1) is 0 Å². The molecule has 21 heavy (non-hydrogen) atoms. The van der Waals surface area contributed by atoms with Gasteiger partial charge in [-0.05, 0) is 25.5 Å². The summed E-state index contributed by atoms with van der Waals surface area (Å²) < 4.78 is 42.5. The maximum atomic E-state index is 12.5. The lowest BCUT2D eigenvalue weighted by atomic mass is 10.1. The van der Waals surface area contributed by atoms with Crippen molar-refractivity contribution in [2.45, 2.75) is 37.7 Å². The van der Waals surface area contributed by atoms with Crippen molar-refractivity contribution in [1.29, 1.82) is 0 Å². The average Bonchev–Trinajstić information content (AvgIpc) is 2.44. The number of benzene rings is 1. The molecule has 2 unspecified atom stereocenters. The molecule has 0 saturated heterocycles. The fourth-order valence-corrected chi connectivity index (χ4v) is 1.77. The molecule has 1 aromatic carbocycles. The molecular formula is C14H19F3N2O2. The Kier molecular flexibility index (Phi) is 6.64. The topological polar surface area (TPSA) is 64.3 Å². The third kappa shape index (κ3) is 6.14. The molecule has 3 N–H and O–H groups in total. The summed E-state index contributed by atoms with van der Waals surface area (Å²) in [5.74, 6) is -0.698. The van der Waals surface area contributed by atoms with Crippen molar-refractivity contribution in [2.24, 2.45) is 5.73 Å². The molecule has 0 heterocycles. The predicted octanol–water partition coefficient (Wildman–Crippen LogP) is 1.99. The highest BCUT2D eigenvalue weighted by Crippen LogP contribution is 2.23.